The van der Waals surface area contributed by atoms with Gasteiger partial charge in [0.1, 0.15) is 6.04 Å². The molecule has 2 amide bonds. The van der Waals surface area contributed by atoms with Gasteiger partial charge in [0, 0.05) is 30.2 Å². The van der Waals surface area contributed by atoms with Crippen LogP contribution in [0.25, 0.3) is 5.69 Å². The van der Waals surface area contributed by atoms with Gasteiger partial charge in [0.2, 0.25) is 5.91 Å². The predicted molar refractivity (Wildman–Crippen MR) is 125 cm³/mol. The summed E-state index contributed by atoms with van der Waals surface area (Å²) < 4.78 is 2.12. The fourth-order valence-electron chi connectivity index (χ4n) is 4.43. The molecule has 2 aromatic heterocycles. The minimum Gasteiger partial charge on any atom is -0.346 e. The minimum absolute atomic E-state index is 0.0242. The van der Waals surface area contributed by atoms with Crippen LogP contribution in [0.3, 0.4) is 0 Å². The van der Waals surface area contributed by atoms with Gasteiger partial charge in [-0.25, -0.2) is 0 Å². The fourth-order valence-corrected chi connectivity index (χ4v) is 5.38. The van der Waals surface area contributed by atoms with Crippen LogP contribution in [0, 0.1) is 0 Å². The molecule has 2 atom stereocenters. The highest BCUT2D eigenvalue weighted by Gasteiger charge is 2.46. The van der Waals surface area contributed by atoms with E-state index in [1.807, 2.05) is 24.3 Å². The first kappa shape index (κ1) is 20.9. The van der Waals surface area contributed by atoms with Crippen molar-refractivity contribution in [1.29, 1.82) is 0 Å². The Kier molecular flexibility index (Phi) is 5.58. The van der Waals surface area contributed by atoms with E-state index in [0.717, 1.165) is 30.8 Å². The molecule has 2 aliphatic heterocycles. The van der Waals surface area contributed by atoms with E-state index in [4.69, 9.17) is 11.6 Å². The number of hydrogen-bond donors (Lipinski definition) is 1. The third-order valence-electron chi connectivity index (χ3n) is 5.95. The van der Waals surface area contributed by atoms with Crippen molar-refractivity contribution in [1.82, 2.24) is 14.8 Å². The summed E-state index contributed by atoms with van der Waals surface area (Å²) in [6, 6.07) is 15.1. The maximum atomic E-state index is 13.3. The first-order chi connectivity index (χ1) is 15.5. The third-order valence-corrected chi connectivity index (χ3v) is 7.18. The molecule has 9 heteroatoms. The van der Waals surface area contributed by atoms with Crippen LogP contribution in [0.5, 0.6) is 0 Å². The first-order valence-corrected chi connectivity index (χ1v) is 11.6. The summed E-state index contributed by atoms with van der Waals surface area (Å²) in [7, 11) is 0. The van der Waals surface area contributed by atoms with E-state index in [0.29, 0.717) is 15.9 Å². The van der Waals surface area contributed by atoms with Crippen molar-refractivity contribution in [2.75, 3.05) is 18.1 Å². The second-order valence-electron chi connectivity index (χ2n) is 7.92. The van der Waals surface area contributed by atoms with Crippen LogP contribution in [-0.2, 0) is 4.79 Å². The van der Waals surface area contributed by atoms with E-state index in [1.54, 1.807) is 39.9 Å². The highest BCUT2D eigenvalue weighted by Crippen LogP contribution is 2.30. The molecule has 2 saturated heterocycles. The number of pyridine rings is 1. The Morgan fingerprint density at radius 2 is 1.81 bits per heavy atom. The number of nitrogens with zero attached hydrogens (tertiary/aromatic N) is 3. The van der Waals surface area contributed by atoms with Crippen molar-refractivity contribution in [2.24, 2.45) is 0 Å². The maximum Gasteiger partial charge on any atom is 0.261 e. The zero-order chi connectivity index (χ0) is 22.2. The van der Waals surface area contributed by atoms with Crippen molar-refractivity contribution >= 4 is 40.4 Å². The predicted octanol–water partition coefficient (Wildman–Crippen LogP) is 3.12. The summed E-state index contributed by atoms with van der Waals surface area (Å²) in [6.07, 6.45) is 3.37. The van der Waals surface area contributed by atoms with Crippen molar-refractivity contribution in [3.63, 3.8) is 0 Å². The molecule has 0 radical (unpaired) electrons. The number of nitrogens with one attached hydrogen (secondary N) is 1. The van der Waals surface area contributed by atoms with E-state index < -0.39 is 0 Å². The van der Waals surface area contributed by atoms with E-state index in [2.05, 4.69) is 10.2 Å². The van der Waals surface area contributed by atoms with Gasteiger partial charge in [0.15, 0.2) is 0 Å². The average Bonchev–Trinajstić information content (AvgIpc) is 3.38. The maximum absolute atomic E-state index is 13.3. The second-order valence-corrected chi connectivity index (χ2v) is 9.63. The summed E-state index contributed by atoms with van der Waals surface area (Å²) in [5.41, 5.74) is 1.40. The Bertz CT molecular complexity index is 1220. The van der Waals surface area contributed by atoms with Crippen LogP contribution in [0.15, 0.2) is 65.6 Å². The second kappa shape index (κ2) is 8.54. The van der Waals surface area contributed by atoms with E-state index in [9.17, 15) is 14.4 Å². The van der Waals surface area contributed by atoms with Crippen molar-refractivity contribution < 1.29 is 9.59 Å². The molecule has 32 heavy (non-hydrogen) atoms. The molecule has 0 aliphatic carbocycles. The molecule has 7 nitrogen and oxygen atoms in total. The Labute approximate surface area is 193 Å². The van der Waals surface area contributed by atoms with Crippen molar-refractivity contribution in [3.05, 3.63) is 80.4 Å². The lowest BCUT2D eigenvalue weighted by molar-refractivity contribution is -0.121. The highest BCUT2D eigenvalue weighted by molar-refractivity contribution is 7.18. The quantitative estimate of drug-likeness (QED) is 0.638. The molecule has 4 heterocycles. The molecule has 1 N–H and O–H groups in total. The smallest absolute Gasteiger partial charge is 0.261 e. The van der Waals surface area contributed by atoms with E-state index >= 15 is 0 Å². The molecule has 0 spiro atoms. The number of carbonyl (C=O) groups excluding carboxylic acids is 2. The SMILES string of the molecule is O=C(N[C@@H]1CCCN2CN(c3ccc(-n4ccccc4=O)cc3)C(=O)[C@H]12)c1ccc(Cl)s1. The van der Waals surface area contributed by atoms with Gasteiger partial charge in [0.05, 0.1) is 21.9 Å². The lowest BCUT2D eigenvalue weighted by atomic mass is 9.96. The number of aromatic nitrogens is 1. The molecule has 0 bridgehead atoms. The molecular weight excluding hydrogens is 448 g/mol. The average molecular weight is 469 g/mol. The van der Waals surface area contributed by atoms with Crippen LogP contribution >= 0.6 is 22.9 Å². The Balaban J connectivity index is 1.34. The molecule has 2 fully saturated rings. The van der Waals surface area contributed by atoms with Gasteiger partial charge >= 0.3 is 0 Å². The Hall–Kier alpha value is -2.94. The lowest BCUT2D eigenvalue weighted by Crippen LogP contribution is -2.55. The molecule has 5 rings (SSSR count). The summed E-state index contributed by atoms with van der Waals surface area (Å²) in [5.74, 6) is -0.221. The number of fused-ring (bicyclic) bond motifs is 1. The monoisotopic (exact) mass is 468 g/mol. The molecular formula is C23H21ClN4O3S. The van der Waals surface area contributed by atoms with Crippen LogP contribution in [-0.4, -0.2) is 46.6 Å². The molecule has 0 saturated carbocycles. The molecule has 164 valence electrons. The van der Waals surface area contributed by atoms with Gasteiger partial charge in [-0.2, -0.15) is 0 Å². The zero-order valence-electron chi connectivity index (χ0n) is 17.1. The third kappa shape index (κ3) is 3.85. The number of piperidine rings is 1. The van der Waals surface area contributed by atoms with Gasteiger partial charge < -0.3 is 5.32 Å². The summed E-state index contributed by atoms with van der Waals surface area (Å²) in [4.78, 5) is 42.5. The van der Waals surface area contributed by atoms with Gasteiger partial charge in [-0.15, -0.1) is 11.3 Å². The number of hydrogen-bond acceptors (Lipinski definition) is 5. The number of halogens is 1. The normalized spacial score (nSPS) is 20.9. The van der Waals surface area contributed by atoms with Crippen molar-refractivity contribution in [3.8, 4) is 5.69 Å². The van der Waals surface area contributed by atoms with Gasteiger partial charge in [-0.05, 0) is 55.3 Å². The standard InChI is InChI=1S/C23H21ClN4O3S/c24-19-11-10-18(32-19)22(30)25-17-4-3-12-26-14-28(23(31)21(17)26)16-8-6-15(7-9-16)27-13-2-1-5-20(27)29/h1-2,5-11,13,17,21H,3-4,12,14H2,(H,25,30)/t17-,21+/m1/s1. The Morgan fingerprint density at radius 3 is 2.53 bits per heavy atom. The van der Waals surface area contributed by atoms with Crippen LogP contribution in [0.1, 0.15) is 22.5 Å². The first-order valence-electron chi connectivity index (χ1n) is 10.4. The largest absolute Gasteiger partial charge is 0.346 e. The topological polar surface area (TPSA) is 74.7 Å². The fraction of sp³-hybridized carbons (Fsp3) is 0.261. The van der Waals surface area contributed by atoms with Crippen LogP contribution in [0.2, 0.25) is 4.34 Å². The number of thiophene rings is 1. The van der Waals surface area contributed by atoms with E-state index in [1.165, 1.54) is 17.4 Å². The number of rotatable bonds is 4. The molecule has 3 aromatic rings. The highest BCUT2D eigenvalue weighted by atomic mass is 35.5. The Morgan fingerprint density at radius 1 is 1.03 bits per heavy atom. The summed E-state index contributed by atoms with van der Waals surface area (Å²) in [5, 5.41) is 3.04. The van der Waals surface area contributed by atoms with Crippen LogP contribution in [0.4, 0.5) is 5.69 Å². The number of anilines is 1. The number of benzene rings is 1. The minimum atomic E-state index is -0.389. The molecule has 1 aromatic carbocycles. The number of carbonyl (C=O) groups is 2. The lowest BCUT2D eigenvalue weighted by Gasteiger charge is -2.34. The zero-order valence-corrected chi connectivity index (χ0v) is 18.7. The van der Waals surface area contributed by atoms with Crippen molar-refractivity contribution in [2.45, 2.75) is 24.9 Å². The summed E-state index contributed by atoms with van der Waals surface area (Å²) in [6.45, 7) is 1.28. The van der Waals surface area contributed by atoms with E-state index in [-0.39, 0.29) is 29.5 Å². The van der Waals surface area contributed by atoms with Gasteiger partial charge in [0.25, 0.3) is 11.5 Å². The molecule has 2 aliphatic rings. The summed E-state index contributed by atoms with van der Waals surface area (Å²) >= 11 is 7.18. The number of amides is 2. The van der Waals surface area contributed by atoms with Gasteiger partial charge in [-0.3, -0.25) is 28.8 Å². The van der Waals surface area contributed by atoms with Gasteiger partial charge in [-0.1, -0.05) is 17.7 Å². The van der Waals surface area contributed by atoms with Crippen LogP contribution < -0.4 is 15.8 Å². The molecule has 0 unspecified atom stereocenters.